The molecular weight excluding hydrogens is 379 g/mol. The maximum atomic E-state index is 13.0. The van der Waals surface area contributed by atoms with Gasteiger partial charge in [-0.15, -0.1) is 0 Å². The molecule has 1 aliphatic rings. The number of nitrogens with zero attached hydrogens (tertiary/aromatic N) is 1. The molecule has 1 saturated heterocycles. The Morgan fingerprint density at radius 3 is 2.61 bits per heavy atom. The van der Waals surface area contributed by atoms with Gasteiger partial charge in [-0.05, 0) is 68.0 Å². The highest BCUT2D eigenvalue weighted by Crippen LogP contribution is 2.27. The van der Waals surface area contributed by atoms with E-state index in [0.717, 1.165) is 18.4 Å². The van der Waals surface area contributed by atoms with E-state index in [1.54, 1.807) is 29.4 Å². The lowest BCUT2D eigenvalue weighted by atomic mass is 9.94. The van der Waals surface area contributed by atoms with E-state index < -0.39 is 10.0 Å². The fourth-order valence-corrected chi connectivity index (χ4v) is 5.34. The molecule has 1 fully saturated rings. The van der Waals surface area contributed by atoms with Gasteiger partial charge in [0.1, 0.15) is 5.82 Å². The van der Waals surface area contributed by atoms with E-state index in [1.807, 2.05) is 6.07 Å². The van der Waals surface area contributed by atoms with Crippen LogP contribution in [0, 0.1) is 18.7 Å². The second kappa shape index (κ2) is 8.84. The van der Waals surface area contributed by atoms with Crippen LogP contribution in [0.1, 0.15) is 31.2 Å². The molecule has 1 heterocycles. The molecule has 1 unspecified atom stereocenters. The summed E-state index contributed by atoms with van der Waals surface area (Å²) in [5.74, 6) is -0.354. The summed E-state index contributed by atoms with van der Waals surface area (Å²) in [7, 11) is -3.52. The highest BCUT2D eigenvalue weighted by atomic mass is 32.2. The van der Waals surface area contributed by atoms with Crippen LogP contribution in [-0.4, -0.2) is 31.7 Å². The summed E-state index contributed by atoms with van der Waals surface area (Å²) < 4.78 is 40.4. The molecule has 0 radical (unpaired) electrons. The minimum absolute atomic E-state index is 0.145. The van der Waals surface area contributed by atoms with Gasteiger partial charge in [-0.1, -0.05) is 18.2 Å². The molecule has 28 heavy (non-hydrogen) atoms. The maximum absolute atomic E-state index is 13.0. The predicted octanol–water partition coefficient (Wildman–Crippen LogP) is 3.95. The third kappa shape index (κ3) is 4.97. The maximum Gasteiger partial charge on any atom is 0.243 e. The molecule has 1 N–H and O–H groups in total. The van der Waals surface area contributed by atoms with Crippen LogP contribution in [0.15, 0.2) is 53.4 Å². The number of carbonyl (C=O) groups is 1. The van der Waals surface area contributed by atoms with Crippen LogP contribution < -0.4 is 5.32 Å². The number of piperidine rings is 1. The number of benzene rings is 2. The number of hydrogen-bond acceptors (Lipinski definition) is 3. The Morgan fingerprint density at radius 2 is 1.89 bits per heavy atom. The lowest BCUT2D eigenvalue weighted by Crippen LogP contribution is -2.40. The lowest BCUT2D eigenvalue weighted by molar-refractivity contribution is -0.116. The van der Waals surface area contributed by atoms with Gasteiger partial charge in [0.15, 0.2) is 0 Å². The fourth-order valence-electron chi connectivity index (χ4n) is 3.56. The van der Waals surface area contributed by atoms with Gasteiger partial charge in [0, 0.05) is 25.2 Å². The normalized spacial score (nSPS) is 18.0. The van der Waals surface area contributed by atoms with Gasteiger partial charge < -0.3 is 5.32 Å². The van der Waals surface area contributed by atoms with Gasteiger partial charge in [-0.3, -0.25) is 4.79 Å². The SMILES string of the molecule is Cc1ccccc1S(=O)(=O)N1CCCC(CCC(=O)Nc2ccc(F)cc2)C1. The summed E-state index contributed by atoms with van der Waals surface area (Å²) in [4.78, 5) is 12.5. The first-order valence-corrected chi connectivity index (χ1v) is 10.9. The first-order chi connectivity index (χ1) is 13.4. The van der Waals surface area contributed by atoms with Gasteiger partial charge in [0.05, 0.1) is 4.90 Å². The number of hydrogen-bond donors (Lipinski definition) is 1. The summed E-state index contributed by atoms with van der Waals surface area (Å²) in [6.07, 6.45) is 2.62. The molecule has 150 valence electrons. The lowest BCUT2D eigenvalue weighted by Gasteiger charge is -2.32. The van der Waals surface area contributed by atoms with Crippen molar-refractivity contribution in [1.82, 2.24) is 4.31 Å². The van der Waals surface area contributed by atoms with Crippen molar-refractivity contribution in [3.05, 3.63) is 59.9 Å². The van der Waals surface area contributed by atoms with E-state index in [4.69, 9.17) is 0 Å². The molecule has 0 bridgehead atoms. The molecule has 1 atom stereocenters. The zero-order valence-electron chi connectivity index (χ0n) is 15.9. The molecule has 2 aromatic rings. The highest BCUT2D eigenvalue weighted by Gasteiger charge is 2.31. The Hall–Kier alpha value is -2.25. The van der Waals surface area contributed by atoms with E-state index in [0.29, 0.717) is 36.5 Å². The molecule has 7 heteroatoms. The van der Waals surface area contributed by atoms with E-state index in [-0.39, 0.29) is 17.6 Å². The molecule has 2 aromatic carbocycles. The monoisotopic (exact) mass is 404 g/mol. The second-order valence-corrected chi connectivity index (χ2v) is 9.14. The summed E-state index contributed by atoms with van der Waals surface area (Å²) in [6, 6.07) is 12.6. The van der Waals surface area contributed by atoms with Gasteiger partial charge in [-0.2, -0.15) is 4.31 Å². The molecule has 0 aliphatic carbocycles. The van der Waals surface area contributed by atoms with Crippen LogP contribution in [0.25, 0.3) is 0 Å². The summed E-state index contributed by atoms with van der Waals surface area (Å²) >= 11 is 0. The number of carbonyl (C=O) groups excluding carboxylic acids is 1. The van der Waals surface area contributed by atoms with Crippen molar-refractivity contribution in [2.45, 2.75) is 37.5 Å². The average molecular weight is 405 g/mol. The Bertz CT molecular complexity index is 929. The zero-order chi connectivity index (χ0) is 20.1. The minimum Gasteiger partial charge on any atom is -0.326 e. The standard InChI is InChI=1S/C21H25FN2O3S/c1-16-5-2-3-7-20(16)28(26,27)24-14-4-6-17(15-24)8-13-21(25)23-19-11-9-18(22)10-12-19/h2-3,5,7,9-12,17H,4,6,8,13-15H2,1H3,(H,23,25). The van der Waals surface area contributed by atoms with Crippen LogP contribution in [0.5, 0.6) is 0 Å². The van der Waals surface area contributed by atoms with Crippen molar-refractivity contribution < 1.29 is 17.6 Å². The predicted molar refractivity (Wildman–Crippen MR) is 107 cm³/mol. The first-order valence-electron chi connectivity index (χ1n) is 9.47. The molecule has 3 rings (SSSR count). The van der Waals surface area contributed by atoms with E-state index in [2.05, 4.69) is 5.32 Å². The van der Waals surface area contributed by atoms with Crippen LogP contribution in [0.4, 0.5) is 10.1 Å². The van der Waals surface area contributed by atoms with E-state index in [1.165, 1.54) is 24.3 Å². The molecule has 5 nitrogen and oxygen atoms in total. The van der Waals surface area contributed by atoms with Crippen molar-refractivity contribution >= 4 is 21.6 Å². The van der Waals surface area contributed by atoms with Crippen LogP contribution >= 0.6 is 0 Å². The van der Waals surface area contributed by atoms with Gasteiger partial charge in [0.25, 0.3) is 0 Å². The number of anilines is 1. The van der Waals surface area contributed by atoms with Crippen molar-refractivity contribution in [2.24, 2.45) is 5.92 Å². The van der Waals surface area contributed by atoms with Crippen LogP contribution in [-0.2, 0) is 14.8 Å². The Balaban J connectivity index is 1.57. The largest absolute Gasteiger partial charge is 0.326 e. The fraction of sp³-hybridized carbons (Fsp3) is 0.381. The molecule has 0 aromatic heterocycles. The summed E-state index contributed by atoms with van der Waals surface area (Å²) in [5, 5.41) is 2.75. The molecule has 0 spiro atoms. The number of aryl methyl sites for hydroxylation is 1. The number of nitrogens with one attached hydrogen (secondary N) is 1. The minimum atomic E-state index is -3.52. The number of halogens is 1. The first kappa shape index (κ1) is 20.5. The number of sulfonamides is 1. The Labute approximate surface area is 165 Å². The molecular formula is C21H25FN2O3S. The number of rotatable bonds is 6. The topological polar surface area (TPSA) is 66.5 Å². The summed E-state index contributed by atoms with van der Waals surface area (Å²) in [6.45, 7) is 2.74. The van der Waals surface area contributed by atoms with Crippen molar-refractivity contribution in [1.29, 1.82) is 0 Å². The molecule has 0 saturated carbocycles. The quantitative estimate of drug-likeness (QED) is 0.793. The third-order valence-corrected chi connectivity index (χ3v) is 7.13. The highest BCUT2D eigenvalue weighted by molar-refractivity contribution is 7.89. The molecule has 1 amide bonds. The Kier molecular flexibility index (Phi) is 6.46. The van der Waals surface area contributed by atoms with E-state index >= 15 is 0 Å². The van der Waals surface area contributed by atoms with Crippen molar-refractivity contribution in [3.63, 3.8) is 0 Å². The van der Waals surface area contributed by atoms with Crippen LogP contribution in [0.3, 0.4) is 0 Å². The third-order valence-electron chi connectivity index (χ3n) is 5.10. The second-order valence-electron chi connectivity index (χ2n) is 7.23. The van der Waals surface area contributed by atoms with Crippen molar-refractivity contribution in [2.75, 3.05) is 18.4 Å². The van der Waals surface area contributed by atoms with Gasteiger partial charge >= 0.3 is 0 Å². The Morgan fingerprint density at radius 1 is 1.18 bits per heavy atom. The molecule has 1 aliphatic heterocycles. The van der Waals surface area contributed by atoms with Gasteiger partial charge in [-0.25, -0.2) is 12.8 Å². The number of amides is 1. The summed E-state index contributed by atoms with van der Waals surface area (Å²) in [5.41, 5.74) is 1.29. The zero-order valence-corrected chi connectivity index (χ0v) is 16.7. The average Bonchev–Trinajstić information content (AvgIpc) is 2.69. The van der Waals surface area contributed by atoms with E-state index in [9.17, 15) is 17.6 Å². The van der Waals surface area contributed by atoms with Gasteiger partial charge in [0.2, 0.25) is 15.9 Å². The van der Waals surface area contributed by atoms with Crippen molar-refractivity contribution in [3.8, 4) is 0 Å². The smallest absolute Gasteiger partial charge is 0.243 e. The van der Waals surface area contributed by atoms with Crippen LogP contribution in [0.2, 0.25) is 0 Å².